The number of hydrogen-bond donors (Lipinski definition) is 0. The number of morpholine rings is 1. The zero-order chi connectivity index (χ0) is 18.1. The maximum atomic E-state index is 5.95. The number of ether oxygens (including phenoxy) is 1. The number of aromatic nitrogens is 3. The summed E-state index contributed by atoms with van der Waals surface area (Å²) in [4.78, 5) is 11.4. The van der Waals surface area contributed by atoms with E-state index in [1.165, 1.54) is 0 Å². The molecular weight excluding hydrogens is 348 g/mol. The third-order valence-electron chi connectivity index (χ3n) is 4.35. The summed E-state index contributed by atoms with van der Waals surface area (Å²) >= 11 is 1.66. The predicted molar refractivity (Wildman–Crippen MR) is 101 cm³/mol. The van der Waals surface area contributed by atoms with Gasteiger partial charge in [0.15, 0.2) is 0 Å². The van der Waals surface area contributed by atoms with Crippen LogP contribution in [0.5, 0.6) is 0 Å². The number of benzene rings is 1. The fraction of sp³-hybridized carbons (Fsp3) is 0.421. The zero-order valence-corrected chi connectivity index (χ0v) is 16.0. The standard InChI is InChI=1S/C19H22N4O2S/c1-19(2,3)15-12-26-17(20-15)14-11-23(9-10-24-14)18-21-16(25-22-18)13-7-5-4-6-8-13/h4-8,12,14H,9-11H2,1-3H3. The van der Waals surface area contributed by atoms with Gasteiger partial charge in [0.2, 0.25) is 0 Å². The van der Waals surface area contributed by atoms with Crippen molar-refractivity contribution in [1.82, 2.24) is 15.1 Å². The van der Waals surface area contributed by atoms with Crippen LogP contribution in [-0.4, -0.2) is 34.8 Å². The van der Waals surface area contributed by atoms with Gasteiger partial charge in [0.05, 0.1) is 18.8 Å². The Kier molecular flexibility index (Phi) is 4.50. The molecule has 136 valence electrons. The van der Waals surface area contributed by atoms with Crippen LogP contribution in [-0.2, 0) is 10.2 Å². The molecule has 0 N–H and O–H groups in total. The van der Waals surface area contributed by atoms with Crippen LogP contribution in [0.4, 0.5) is 5.95 Å². The molecule has 0 saturated carbocycles. The Labute approximate surface area is 156 Å². The van der Waals surface area contributed by atoms with Crippen LogP contribution in [0.25, 0.3) is 11.5 Å². The van der Waals surface area contributed by atoms with Crippen LogP contribution in [0.2, 0.25) is 0 Å². The minimum Gasteiger partial charge on any atom is -0.367 e. The van der Waals surface area contributed by atoms with Gasteiger partial charge in [-0.1, -0.05) is 39.0 Å². The van der Waals surface area contributed by atoms with Gasteiger partial charge in [0.1, 0.15) is 11.1 Å². The van der Waals surface area contributed by atoms with Crippen LogP contribution in [0.1, 0.15) is 37.6 Å². The Balaban J connectivity index is 1.51. The predicted octanol–water partition coefficient (Wildman–Crippen LogP) is 4.07. The van der Waals surface area contributed by atoms with Crippen molar-refractivity contribution in [2.75, 3.05) is 24.6 Å². The van der Waals surface area contributed by atoms with Crippen molar-refractivity contribution in [3.05, 3.63) is 46.4 Å². The Morgan fingerprint density at radius 3 is 2.69 bits per heavy atom. The first kappa shape index (κ1) is 17.2. The smallest absolute Gasteiger partial charge is 0.266 e. The van der Waals surface area contributed by atoms with E-state index >= 15 is 0 Å². The van der Waals surface area contributed by atoms with Gasteiger partial charge < -0.3 is 14.2 Å². The molecule has 1 aromatic carbocycles. The average Bonchev–Trinajstić information content (AvgIpc) is 3.32. The van der Waals surface area contributed by atoms with E-state index in [-0.39, 0.29) is 11.5 Å². The number of thiazole rings is 1. The second kappa shape index (κ2) is 6.81. The Morgan fingerprint density at radius 2 is 1.96 bits per heavy atom. The van der Waals surface area contributed by atoms with Crippen molar-refractivity contribution in [3.63, 3.8) is 0 Å². The molecule has 4 rings (SSSR count). The largest absolute Gasteiger partial charge is 0.367 e. The van der Waals surface area contributed by atoms with Crippen molar-refractivity contribution in [1.29, 1.82) is 0 Å². The summed E-state index contributed by atoms with van der Waals surface area (Å²) < 4.78 is 11.4. The quantitative estimate of drug-likeness (QED) is 0.692. The SMILES string of the molecule is CC(C)(C)c1csc(C2CN(c3noc(-c4ccccc4)n3)CCO2)n1. The van der Waals surface area contributed by atoms with Crippen molar-refractivity contribution < 1.29 is 9.26 Å². The summed E-state index contributed by atoms with van der Waals surface area (Å²) in [7, 11) is 0. The lowest BCUT2D eigenvalue weighted by atomic mass is 9.93. The van der Waals surface area contributed by atoms with Crippen LogP contribution in [0, 0.1) is 0 Å². The van der Waals surface area contributed by atoms with Gasteiger partial charge in [-0.25, -0.2) is 4.98 Å². The lowest BCUT2D eigenvalue weighted by Crippen LogP contribution is -2.39. The normalized spacial score (nSPS) is 18.3. The second-order valence-corrected chi connectivity index (χ2v) is 8.28. The molecular formula is C19H22N4O2S. The van der Waals surface area contributed by atoms with Crippen molar-refractivity contribution in [2.45, 2.75) is 32.3 Å². The van der Waals surface area contributed by atoms with E-state index in [0.717, 1.165) is 22.8 Å². The Hall–Kier alpha value is -2.25. The summed E-state index contributed by atoms with van der Waals surface area (Å²) in [5.74, 6) is 1.14. The van der Waals surface area contributed by atoms with E-state index in [4.69, 9.17) is 14.2 Å². The molecule has 0 amide bonds. The van der Waals surface area contributed by atoms with E-state index < -0.39 is 0 Å². The molecule has 1 unspecified atom stereocenters. The van der Waals surface area contributed by atoms with Crippen LogP contribution in [0.15, 0.2) is 40.2 Å². The first-order valence-corrected chi connectivity index (χ1v) is 9.60. The van der Waals surface area contributed by atoms with Crippen LogP contribution < -0.4 is 4.90 Å². The summed E-state index contributed by atoms with van der Waals surface area (Å²) in [5, 5.41) is 7.29. The topological polar surface area (TPSA) is 64.3 Å². The highest BCUT2D eigenvalue weighted by Crippen LogP contribution is 2.31. The fourth-order valence-corrected chi connectivity index (χ4v) is 3.89. The molecule has 1 aliphatic heterocycles. The molecule has 1 atom stereocenters. The molecule has 6 nitrogen and oxygen atoms in total. The molecule has 1 fully saturated rings. The molecule has 0 bridgehead atoms. The van der Waals surface area contributed by atoms with Gasteiger partial charge in [-0.2, -0.15) is 4.98 Å². The van der Waals surface area contributed by atoms with E-state index in [1.807, 2.05) is 30.3 Å². The Bertz CT molecular complexity index is 869. The molecule has 0 radical (unpaired) electrons. The van der Waals surface area contributed by atoms with Gasteiger partial charge in [-0.3, -0.25) is 0 Å². The highest BCUT2D eigenvalue weighted by Gasteiger charge is 2.28. The lowest BCUT2D eigenvalue weighted by molar-refractivity contribution is 0.0388. The summed E-state index contributed by atoms with van der Waals surface area (Å²) in [6.07, 6.45) is -0.0662. The maximum Gasteiger partial charge on any atom is 0.266 e. The first-order chi connectivity index (χ1) is 12.5. The average molecular weight is 370 g/mol. The molecule has 3 aromatic rings. The fourth-order valence-electron chi connectivity index (χ4n) is 2.80. The van der Waals surface area contributed by atoms with Gasteiger partial charge in [0.25, 0.3) is 11.8 Å². The minimum absolute atomic E-state index is 0.0430. The van der Waals surface area contributed by atoms with Gasteiger partial charge >= 0.3 is 0 Å². The van der Waals surface area contributed by atoms with Gasteiger partial charge in [-0.05, 0) is 17.3 Å². The molecule has 1 saturated heterocycles. The third kappa shape index (κ3) is 3.50. The molecule has 26 heavy (non-hydrogen) atoms. The molecule has 1 aliphatic rings. The van der Waals surface area contributed by atoms with E-state index in [1.54, 1.807) is 11.3 Å². The molecule has 0 aliphatic carbocycles. The molecule has 0 spiro atoms. The van der Waals surface area contributed by atoms with E-state index in [0.29, 0.717) is 25.0 Å². The highest BCUT2D eigenvalue weighted by molar-refractivity contribution is 7.09. The van der Waals surface area contributed by atoms with Crippen molar-refractivity contribution in [3.8, 4) is 11.5 Å². The molecule has 2 aromatic heterocycles. The van der Waals surface area contributed by atoms with Gasteiger partial charge in [0, 0.05) is 22.9 Å². The molecule has 3 heterocycles. The number of anilines is 1. The van der Waals surface area contributed by atoms with Crippen molar-refractivity contribution >= 4 is 17.3 Å². The minimum atomic E-state index is -0.0662. The maximum absolute atomic E-state index is 5.95. The third-order valence-corrected chi connectivity index (χ3v) is 5.29. The van der Waals surface area contributed by atoms with Gasteiger partial charge in [-0.15, -0.1) is 11.3 Å². The summed E-state index contributed by atoms with van der Waals surface area (Å²) in [6.45, 7) is 8.54. The monoisotopic (exact) mass is 370 g/mol. The highest BCUT2D eigenvalue weighted by atomic mass is 32.1. The van der Waals surface area contributed by atoms with Crippen LogP contribution in [0.3, 0.4) is 0 Å². The van der Waals surface area contributed by atoms with E-state index in [2.05, 4.69) is 41.2 Å². The number of nitrogens with zero attached hydrogens (tertiary/aromatic N) is 4. The van der Waals surface area contributed by atoms with Crippen molar-refractivity contribution in [2.24, 2.45) is 0 Å². The summed E-state index contributed by atoms with van der Waals surface area (Å²) in [5.41, 5.74) is 2.07. The lowest BCUT2D eigenvalue weighted by Gasteiger charge is -2.30. The second-order valence-electron chi connectivity index (χ2n) is 7.39. The van der Waals surface area contributed by atoms with E-state index in [9.17, 15) is 0 Å². The zero-order valence-electron chi connectivity index (χ0n) is 15.2. The summed E-state index contributed by atoms with van der Waals surface area (Å²) in [6, 6.07) is 9.80. The van der Waals surface area contributed by atoms with Crippen LogP contribution >= 0.6 is 11.3 Å². The Morgan fingerprint density at radius 1 is 1.15 bits per heavy atom. The molecule has 7 heteroatoms. The first-order valence-electron chi connectivity index (χ1n) is 8.72. The number of hydrogen-bond acceptors (Lipinski definition) is 7. The number of rotatable bonds is 3.